The van der Waals surface area contributed by atoms with E-state index in [9.17, 15) is 10.1 Å². The monoisotopic (exact) mass is 298 g/mol. The van der Waals surface area contributed by atoms with E-state index in [0.717, 1.165) is 30.0 Å². The fourth-order valence-corrected chi connectivity index (χ4v) is 3.32. The third-order valence-corrected chi connectivity index (χ3v) is 4.81. The number of nitro benzene ring substituents is 1. The topological polar surface area (TPSA) is 73.0 Å². The van der Waals surface area contributed by atoms with E-state index < -0.39 is 0 Å². The summed E-state index contributed by atoms with van der Waals surface area (Å²) in [6.45, 7) is 2.88. The highest BCUT2D eigenvalue weighted by molar-refractivity contribution is 5.60. The molecule has 0 radical (unpaired) electrons. The van der Waals surface area contributed by atoms with Crippen LogP contribution in [0.4, 0.5) is 11.5 Å². The molecule has 1 aromatic carbocycles. The van der Waals surface area contributed by atoms with Gasteiger partial charge >= 0.3 is 0 Å². The van der Waals surface area contributed by atoms with Gasteiger partial charge in [0.1, 0.15) is 5.82 Å². The van der Waals surface area contributed by atoms with Crippen molar-refractivity contribution >= 4 is 11.5 Å². The molecule has 22 heavy (non-hydrogen) atoms. The van der Waals surface area contributed by atoms with Crippen molar-refractivity contribution in [3.8, 4) is 5.69 Å². The van der Waals surface area contributed by atoms with Crippen LogP contribution in [0.1, 0.15) is 42.0 Å². The van der Waals surface area contributed by atoms with Crippen molar-refractivity contribution in [1.29, 1.82) is 0 Å². The number of aromatic nitrogens is 2. The molecule has 6 heteroatoms. The summed E-state index contributed by atoms with van der Waals surface area (Å²) >= 11 is 0. The number of hydrogen-bond acceptors (Lipinski definition) is 4. The van der Waals surface area contributed by atoms with E-state index in [1.54, 1.807) is 18.2 Å². The molecule has 0 amide bonds. The average molecular weight is 298 g/mol. The van der Waals surface area contributed by atoms with Gasteiger partial charge in [0, 0.05) is 30.2 Å². The van der Waals surface area contributed by atoms with E-state index in [-0.39, 0.29) is 10.6 Å². The predicted octanol–water partition coefficient (Wildman–Crippen LogP) is 3.32. The second kappa shape index (κ2) is 4.83. The Bertz CT molecular complexity index is 762. The molecule has 1 fully saturated rings. The van der Waals surface area contributed by atoms with Gasteiger partial charge in [0.2, 0.25) is 0 Å². The molecular weight excluding hydrogens is 280 g/mol. The van der Waals surface area contributed by atoms with Crippen LogP contribution in [-0.2, 0) is 6.42 Å². The van der Waals surface area contributed by atoms with E-state index in [1.165, 1.54) is 30.5 Å². The fourth-order valence-electron chi connectivity index (χ4n) is 3.32. The average Bonchev–Trinajstić information content (AvgIpc) is 3.01. The highest BCUT2D eigenvalue weighted by atomic mass is 16.6. The van der Waals surface area contributed by atoms with Crippen molar-refractivity contribution in [3.63, 3.8) is 0 Å². The first kappa shape index (κ1) is 13.3. The number of benzene rings is 1. The van der Waals surface area contributed by atoms with Crippen LogP contribution >= 0.6 is 0 Å². The van der Waals surface area contributed by atoms with Crippen molar-refractivity contribution in [2.75, 3.05) is 11.9 Å². The summed E-state index contributed by atoms with van der Waals surface area (Å²) in [6, 6.07) is 4.95. The molecule has 1 aromatic heterocycles. The molecule has 0 bridgehead atoms. The molecule has 0 unspecified atom stereocenters. The third-order valence-electron chi connectivity index (χ3n) is 4.81. The van der Waals surface area contributed by atoms with Crippen LogP contribution in [0.2, 0.25) is 0 Å². The Hall–Kier alpha value is -2.37. The lowest BCUT2D eigenvalue weighted by Gasteiger charge is -2.24. The van der Waals surface area contributed by atoms with Crippen LogP contribution in [0.25, 0.3) is 5.69 Å². The van der Waals surface area contributed by atoms with Gasteiger partial charge in [-0.1, -0.05) is 12.5 Å². The molecule has 4 rings (SSSR count). The number of fused-ring (bicyclic) bond motifs is 1. The first-order valence-electron chi connectivity index (χ1n) is 7.76. The van der Waals surface area contributed by atoms with E-state index in [2.05, 4.69) is 5.32 Å². The van der Waals surface area contributed by atoms with Gasteiger partial charge in [-0.3, -0.25) is 10.1 Å². The molecule has 0 atom stereocenters. The number of aryl methyl sites for hydroxylation is 1. The molecule has 2 aromatic rings. The number of nitrogens with one attached hydrogen (secondary N) is 1. The minimum atomic E-state index is -0.354. The first-order chi connectivity index (χ1) is 10.6. The zero-order chi connectivity index (χ0) is 15.3. The highest BCUT2D eigenvalue weighted by Gasteiger charge is 2.31. The molecule has 114 valence electrons. The van der Waals surface area contributed by atoms with Crippen molar-refractivity contribution in [1.82, 2.24) is 9.78 Å². The molecule has 0 saturated heterocycles. The first-order valence-corrected chi connectivity index (χ1v) is 7.76. The maximum atomic E-state index is 11.1. The molecule has 1 saturated carbocycles. The van der Waals surface area contributed by atoms with Crippen LogP contribution in [0, 0.1) is 17.0 Å². The molecule has 1 aliphatic heterocycles. The zero-order valence-corrected chi connectivity index (χ0v) is 12.5. The summed E-state index contributed by atoms with van der Waals surface area (Å²) in [7, 11) is 0. The molecule has 2 heterocycles. The number of nitrogens with zero attached hydrogens (tertiary/aromatic N) is 3. The van der Waals surface area contributed by atoms with E-state index >= 15 is 0 Å². The lowest BCUT2D eigenvalue weighted by molar-refractivity contribution is -0.384. The Kier molecular flexibility index (Phi) is 2.92. The second-order valence-electron chi connectivity index (χ2n) is 6.16. The van der Waals surface area contributed by atoms with Crippen LogP contribution in [0.15, 0.2) is 18.2 Å². The standard InChI is InChI=1S/C16H18N4O2/c1-10-5-6-12(20(21)22)9-14(10)19-16-13(7-8-17-16)15(18-19)11-3-2-4-11/h5-6,9,11,17H,2-4,7-8H2,1H3. The summed E-state index contributed by atoms with van der Waals surface area (Å²) in [6.07, 6.45) is 4.68. The van der Waals surface area contributed by atoms with Crippen molar-refractivity contribution in [3.05, 3.63) is 45.1 Å². The van der Waals surface area contributed by atoms with Crippen molar-refractivity contribution < 1.29 is 4.92 Å². The lowest BCUT2D eigenvalue weighted by Crippen LogP contribution is -2.13. The second-order valence-corrected chi connectivity index (χ2v) is 6.16. The third kappa shape index (κ3) is 1.90. The summed E-state index contributed by atoms with van der Waals surface area (Å²) in [5.41, 5.74) is 4.39. The van der Waals surface area contributed by atoms with Gasteiger partial charge < -0.3 is 5.32 Å². The van der Waals surface area contributed by atoms with Crippen LogP contribution < -0.4 is 5.32 Å². The van der Waals surface area contributed by atoms with Gasteiger partial charge in [-0.25, -0.2) is 4.68 Å². The highest BCUT2D eigenvalue weighted by Crippen LogP contribution is 2.42. The smallest absolute Gasteiger partial charge is 0.271 e. The maximum Gasteiger partial charge on any atom is 0.271 e. The number of nitro groups is 1. The SMILES string of the molecule is Cc1ccc([N+](=O)[O-])cc1-n1nc(C2CCC2)c2c1NCC2. The van der Waals surface area contributed by atoms with Gasteiger partial charge in [-0.05, 0) is 31.7 Å². The minimum absolute atomic E-state index is 0.105. The summed E-state index contributed by atoms with van der Waals surface area (Å²) < 4.78 is 1.87. The van der Waals surface area contributed by atoms with Crippen LogP contribution in [-0.4, -0.2) is 21.2 Å². The minimum Gasteiger partial charge on any atom is -0.369 e. The molecule has 1 aliphatic carbocycles. The Morgan fingerprint density at radius 1 is 1.41 bits per heavy atom. The summed E-state index contributed by atoms with van der Waals surface area (Å²) in [5.74, 6) is 1.58. The van der Waals surface area contributed by atoms with Gasteiger partial charge in [-0.15, -0.1) is 0 Å². The van der Waals surface area contributed by atoms with E-state index in [1.807, 2.05) is 11.6 Å². The summed E-state index contributed by atoms with van der Waals surface area (Å²) in [4.78, 5) is 10.7. The Morgan fingerprint density at radius 2 is 2.23 bits per heavy atom. The molecule has 2 aliphatic rings. The van der Waals surface area contributed by atoms with Gasteiger partial charge in [0.25, 0.3) is 5.69 Å². The van der Waals surface area contributed by atoms with Crippen LogP contribution in [0.3, 0.4) is 0 Å². The fraction of sp³-hybridized carbons (Fsp3) is 0.438. The molecular formula is C16H18N4O2. The van der Waals surface area contributed by atoms with Crippen molar-refractivity contribution in [2.45, 2.75) is 38.5 Å². The van der Waals surface area contributed by atoms with Gasteiger partial charge in [-0.2, -0.15) is 5.10 Å². The van der Waals surface area contributed by atoms with Gasteiger partial charge in [0.15, 0.2) is 0 Å². The largest absolute Gasteiger partial charge is 0.369 e. The Balaban J connectivity index is 1.86. The lowest BCUT2D eigenvalue weighted by atomic mass is 9.81. The quantitative estimate of drug-likeness (QED) is 0.697. The Labute approximate surface area is 128 Å². The van der Waals surface area contributed by atoms with E-state index in [0.29, 0.717) is 5.92 Å². The van der Waals surface area contributed by atoms with Crippen LogP contribution in [0.5, 0.6) is 0 Å². The van der Waals surface area contributed by atoms with E-state index in [4.69, 9.17) is 5.10 Å². The Morgan fingerprint density at radius 3 is 2.91 bits per heavy atom. The zero-order valence-electron chi connectivity index (χ0n) is 12.5. The molecule has 1 N–H and O–H groups in total. The normalized spacial score (nSPS) is 17.0. The number of rotatable bonds is 3. The number of hydrogen-bond donors (Lipinski definition) is 1. The molecule has 6 nitrogen and oxygen atoms in total. The number of anilines is 1. The van der Waals surface area contributed by atoms with Crippen molar-refractivity contribution in [2.24, 2.45) is 0 Å². The predicted molar refractivity (Wildman–Crippen MR) is 83.7 cm³/mol. The summed E-state index contributed by atoms with van der Waals surface area (Å²) in [5, 5.41) is 19.3. The number of non-ortho nitro benzene ring substituents is 1. The van der Waals surface area contributed by atoms with Gasteiger partial charge in [0.05, 0.1) is 16.3 Å². The molecule has 0 spiro atoms. The maximum absolute atomic E-state index is 11.1.